The van der Waals surface area contributed by atoms with E-state index in [1.807, 2.05) is 0 Å². The summed E-state index contributed by atoms with van der Waals surface area (Å²) in [5.74, 6) is 0. The molecule has 84 valence electrons. The summed E-state index contributed by atoms with van der Waals surface area (Å²) in [6, 6.07) is 6.89. The number of aliphatic hydroxyl groups excluding tert-OH is 1. The number of hydrogen-bond acceptors (Lipinski definition) is 2. The Labute approximate surface area is 104 Å². The zero-order valence-electron chi connectivity index (χ0n) is 8.17. The third-order valence-electron chi connectivity index (χ3n) is 2.02. The van der Waals surface area contributed by atoms with Gasteiger partial charge in [0.25, 0.3) is 0 Å². The van der Waals surface area contributed by atoms with Gasteiger partial charge in [0.05, 0.1) is 6.10 Å². The molecule has 0 amide bonds. The quantitative estimate of drug-likeness (QED) is 0.826. The Morgan fingerprint density at radius 2 is 1.80 bits per heavy atom. The second kappa shape index (κ2) is 5.37. The highest BCUT2D eigenvalue weighted by Gasteiger charge is 2.22. The van der Waals surface area contributed by atoms with Gasteiger partial charge in [0, 0.05) is 12.1 Å². The summed E-state index contributed by atoms with van der Waals surface area (Å²) in [6.07, 6.45) is -0.542. The van der Waals surface area contributed by atoms with E-state index in [2.05, 4.69) is 5.32 Å². The van der Waals surface area contributed by atoms with Crippen molar-refractivity contribution in [3.63, 3.8) is 0 Å². The number of halogens is 3. The van der Waals surface area contributed by atoms with Crippen LogP contribution in [0.2, 0.25) is 0 Å². The van der Waals surface area contributed by atoms with Crippen LogP contribution in [0.1, 0.15) is 17.2 Å². The highest BCUT2D eigenvalue weighted by molar-refractivity contribution is 6.66. The summed E-state index contributed by atoms with van der Waals surface area (Å²) < 4.78 is -1.41. The number of aliphatic hydroxyl groups is 1. The van der Waals surface area contributed by atoms with Crippen molar-refractivity contribution in [1.29, 1.82) is 0 Å². The Kier molecular flexibility index (Phi) is 4.68. The molecule has 5 heteroatoms. The molecule has 1 atom stereocenters. The van der Waals surface area contributed by atoms with Gasteiger partial charge in [-0.1, -0.05) is 59.1 Å². The predicted molar refractivity (Wildman–Crippen MR) is 64.6 cm³/mol. The zero-order valence-corrected chi connectivity index (χ0v) is 10.4. The maximum Gasteiger partial charge on any atom is 0.216 e. The van der Waals surface area contributed by atoms with Crippen LogP contribution in [0, 0.1) is 0 Å². The summed E-state index contributed by atoms with van der Waals surface area (Å²) in [6.45, 7) is 0.493. The van der Waals surface area contributed by atoms with Gasteiger partial charge in [0.1, 0.15) is 0 Å². The summed E-state index contributed by atoms with van der Waals surface area (Å²) in [7, 11) is 1.78. The second-order valence-corrected chi connectivity index (χ2v) is 5.47. The molecule has 0 heterocycles. The average molecular weight is 269 g/mol. The van der Waals surface area contributed by atoms with Gasteiger partial charge < -0.3 is 10.4 Å². The highest BCUT2D eigenvalue weighted by Crippen LogP contribution is 2.38. The summed E-state index contributed by atoms with van der Waals surface area (Å²) in [5.41, 5.74) is 1.38. The fraction of sp³-hybridized carbons (Fsp3) is 0.400. The van der Waals surface area contributed by atoms with E-state index in [0.717, 1.165) is 5.56 Å². The minimum atomic E-state index is -1.41. The molecule has 0 bridgehead atoms. The smallest absolute Gasteiger partial charge is 0.216 e. The average Bonchev–Trinajstić information content (AvgIpc) is 2.17. The van der Waals surface area contributed by atoms with E-state index >= 15 is 0 Å². The molecule has 0 spiro atoms. The SMILES string of the molecule is CNCC(O)c1ccc(C(Cl)(Cl)Cl)cc1. The van der Waals surface area contributed by atoms with E-state index in [-0.39, 0.29) is 0 Å². The van der Waals surface area contributed by atoms with Gasteiger partial charge in [-0.3, -0.25) is 0 Å². The van der Waals surface area contributed by atoms with E-state index in [0.29, 0.717) is 12.1 Å². The van der Waals surface area contributed by atoms with Gasteiger partial charge in [0.15, 0.2) is 0 Å². The third-order valence-corrected chi connectivity index (χ3v) is 2.67. The summed E-state index contributed by atoms with van der Waals surface area (Å²) >= 11 is 17.1. The van der Waals surface area contributed by atoms with Crippen LogP contribution in [0.4, 0.5) is 0 Å². The maximum atomic E-state index is 9.65. The Morgan fingerprint density at radius 1 is 1.27 bits per heavy atom. The Balaban J connectivity index is 2.81. The predicted octanol–water partition coefficient (Wildman–Crippen LogP) is 2.77. The molecule has 0 fully saturated rings. The first kappa shape index (κ1) is 13.1. The van der Waals surface area contributed by atoms with Crippen LogP contribution >= 0.6 is 34.8 Å². The molecular formula is C10H12Cl3NO. The van der Waals surface area contributed by atoms with Crippen molar-refractivity contribution in [1.82, 2.24) is 5.32 Å². The van der Waals surface area contributed by atoms with E-state index in [1.54, 1.807) is 31.3 Å². The molecule has 0 aliphatic carbocycles. The first-order valence-corrected chi connectivity index (χ1v) is 5.58. The van der Waals surface area contributed by atoms with Gasteiger partial charge in [-0.05, 0) is 12.6 Å². The summed E-state index contributed by atoms with van der Waals surface area (Å²) in [5, 5.41) is 12.5. The normalized spacial score (nSPS) is 13.9. The molecule has 0 aromatic heterocycles. The topological polar surface area (TPSA) is 32.3 Å². The fourth-order valence-electron chi connectivity index (χ4n) is 1.21. The minimum Gasteiger partial charge on any atom is -0.387 e. The minimum absolute atomic E-state index is 0.493. The molecule has 2 N–H and O–H groups in total. The molecule has 15 heavy (non-hydrogen) atoms. The van der Waals surface area contributed by atoms with E-state index in [4.69, 9.17) is 34.8 Å². The number of alkyl halides is 3. The summed E-state index contributed by atoms with van der Waals surface area (Å²) in [4.78, 5) is 0. The first-order chi connectivity index (χ1) is 6.95. The third kappa shape index (κ3) is 3.82. The molecule has 2 nitrogen and oxygen atoms in total. The molecule has 1 aromatic rings. The van der Waals surface area contributed by atoms with Gasteiger partial charge in [0.2, 0.25) is 3.79 Å². The molecule has 0 aliphatic heterocycles. The van der Waals surface area contributed by atoms with Crippen LogP contribution in [0.5, 0.6) is 0 Å². The maximum absolute atomic E-state index is 9.65. The van der Waals surface area contributed by atoms with Crippen LogP contribution in [0.25, 0.3) is 0 Å². The van der Waals surface area contributed by atoms with Gasteiger partial charge in [-0.25, -0.2) is 0 Å². The van der Waals surface area contributed by atoms with Crippen molar-refractivity contribution < 1.29 is 5.11 Å². The Morgan fingerprint density at radius 3 is 2.20 bits per heavy atom. The van der Waals surface area contributed by atoms with Crippen LogP contribution in [-0.2, 0) is 3.79 Å². The number of nitrogens with one attached hydrogen (secondary N) is 1. The lowest BCUT2D eigenvalue weighted by Gasteiger charge is -2.14. The molecule has 1 aromatic carbocycles. The highest BCUT2D eigenvalue weighted by atomic mass is 35.6. The molecule has 1 rings (SSSR count). The van der Waals surface area contributed by atoms with E-state index in [9.17, 15) is 5.11 Å². The molecule has 0 aliphatic rings. The lowest BCUT2D eigenvalue weighted by Crippen LogP contribution is -2.16. The standard InChI is InChI=1S/C10H12Cl3NO/c1-14-6-9(15)7-2-4-8(5-3-7)10(11,12)13/h2-5,9,14-15H,6H2,1H3. The first-order valence-electron chi connectivity index (χ1n) is 4.45. The van der Waals surface area contributed by atoms with Crippen molar-refractivity contribution in [2.75, 3.05) is 13.6 Å². The van der Waals surface area contributed by atoms with Crippen LogP contribution in [-0.4, -0.2) is 18.7 Å². The van der Waals surface area contributed by atoms with Crippen molar-refractivity contribution in [2.24, 2.45) is 0 Å². The molecule has 0 radical (unpaired) electrons. The Hall–Kier alpha value is 0.01000. The molecule has 0 saturated heterocycles. The Bertz CT molecular complexity index is 307. The number of hydrogen-bond donors (Lipinski definition) is 2. The zero-order chi connectivity index (χ0) is 11.5. The largest absolute Gasteiger partial charge is 0.387 e. The molecule has 1 unspecified atom stereocenters. The lowest BCUT2D eigenvalue weighted by atomic mass is 10.1. The number of likely N-dealkylation sites (N-methyl/N-ethyl adjacent to an activating group) is 1. The fourth-order valence-corrected chi connectivity index (χ4v) is 1.58. The van der Waals surface area contributed by atoms with Crippen molar-refractivity contribution in [3.8, 4) is 0 Å². The van der Waals surface area contributed by atoms with Crippen LogP contribution in [0.15, 0.2) is 24.3 Å². The molecular weight excluding hydrogens is 256 g/mol. The molecule has 0 saturated carbocycles. The van der Waals surface area contributed by atoms with E-state index < -0.39 is 9.90 Å². The number of rotatable bonds is 3. The van der Waals surface area contributed by atoms with Crippen molar-refractivity contribution >= 4 is 34.8 Å². The van der Waals surface area contributed by atoms with Crippen LogP contribution < -0.4 is 5.32 Å². The van der Waals surface area contributed by atoms with Gasteiger partial charge >= 0.3 is 0 Å². The monoisotopic (exact) mass is 267 g/mol. The number of benzene rings is 1. The van der Waals surface area contributed by atoms with Crippen molar-refractivity contribution in [2.45, 2.75) is 9.90 Å². The van der Waals surface area contributed by atoms with Crippen molar-refractivity contribution in [3.05, 3.63) is 35.4 Å². The van der Waals surface area contributed by atoms with Gasteiger partial charge in [-0.2, -0.15) is 0 Å². The second-order valence-electron chi connectivity index (χ2n) is 3.19. The lowest BCUT2D eigenvalue weighted by molar-refractivity contribution is 0.178. The van der Waals surface area contributed by atoms with E-state index in [1.165, 1.54) is 0 Å². The van der Waals surface area contributed by atoms with Gasteiger partial charge in [-0.15, -0.1) is 0 Å². The van der Waals surface area contributed by atoms with Crippen LogP contribution in [0.3, 0.4) is 0 Å².